The zero-order valence-electron chi connectivity index (χ0n) is 8.90. The molecule has 1 aromatic heterocycles. The summed E-state index contributed by atoms with van der Waals surface area (Å²) in [5, 5.41) is 9.43. The summed E-state index contributed by atoms with van der Waals surface area (Å²) in [4.78, 5) is 11.4. The number of hydrogen-bond acceptors (Lipinski definition) is 4. The van der Waals surface area contributed by atoms with Crippen molar-refractivity contribution in [2.24, 2.45) is 0 Å². The van der Waals surface area contributed by atoms with Crippen molar-refractivity contribution in [3.8, 4) is 11.8 Å². The quantitative estimate of drug-likeness (QED) is 0.682. The lowest BCUT2D eigenvalue weighted by Gasteiger charge is -2.06. The molecule has 0 fully saturated rings. The lowest BCUT2D eigenvalue weighted by molar-refractivity contribution is 0.410. The molecule has 2 rings (SSSR count). The van der Waals surface area contributed by atoms with Crippen LogP contribution in [-0.2, 0) is 0 Å². The Morgan fingerprint density at radius 2 is 2.19 bits per heavy atom. The van der Waals surface area contributed by atoms with Crippen molar-refractivity contribution in [3.05, 3.63) is 39.7 Å². The second-order valence-electron chi connectivity index (χ2n) is 3.37. The Morgan fingerprint density at radius 1 is 1.44 bits per heavy atom. The van der Waals surface area contributed by atoms with Crippen molar-refractivity contribution >= 4 is 11.0 Å². The predicted molar refractivity (Wildman–Crippen MR) is 58.5 cm³/mol. The van der Waals surface area contributed by atoms with Gasteiger partial charge in [0.2, 0.25) is 0 Å². The summed E-state index contributed by atoms with van der Waals surface area (Å²) in [5.41, 5.74) is 0.605. The molecular formula is C12H9NO3. The van der Waals surface area contributed by atoms with Gasteiger partial charge >= 0.3 is 5.63 Å². The number of ether oxygens (including phenoxy) is 1. The third-order valence-corrected chi connectivity index (χ3v) is 2.44. The fourth-order valence-electron chi connectivity index (χ4n) is 1.60. The molecule has 1 heterocycles. The van der Waals surface area contributed by atoms with E-state index in [2.05, 4.69) is 0 Å². The van der Waals surface area contributed by atoms with Gasteiger partial charge in [-0.3, -0.25) is 0 Å². The van der Waals surface area contributed by atoms with Crippen LogP contribution in [0.2, 0.25) is 0 Å². The largest absolute Gasteiger partial charge is 0.496 e. The van der Waals surface area contributed by atoms with Crippen LogP contribution in [0.25, 0.3) is 11.0 Å². The molecule has 0 aliphatic heterocycles. The smallest absolute Gasteiger partial charge is 0.354 e. The molecule has 0 atom stereocenters. The van der Waals surface area contributed by atoms with Crippen LogP contribution in [0.15, 0.2) is 27.4 Å². The molecule has 0 bridgehead atoms. The SMILES string of the molecule is COc1ccc2cc(C#N)c(=O)oc2c1C. The normalized spacial score (nSPS) is 10.1. The van der Waals surface area contributed by atoms with Crippen molar-refractivity contribution in [1.82, 2.24) is 0 Å². The molecule has 0 spiro atoms. The third kappa shape index (κ3) is 1.43. The Balaban J connectivity index is 2.87. The van der Waals surface area contributed by atoms with Gasteiger partial charge in [-0.25, -0.2) is 4.79 Å². The summed E-state index contributed by atoms with van der Waals surface area (Å²) in [6.45, 7) is 1.80. The second kappa shape index (κ2) is 3.70. The molecule has 2 aromatic rings. The molecule has 0 unspecified atom stereocenters. The highest BCUT2D eigenvalue weighted by molar-refractivity contribution is 5.82. The Bertz CT molecular complexity index is 650. The minimum Gasteiger partial charge on any atom is -0.496 e. The van der Waals surface area contributed by atoms with Crippen LogP contribution in [-0.4, -0.2) is 7.11 Å². The van der Waals surface area contributed by atoms with Crippen LogP contribution in [0.5, 0.6) is 5.75 Å². The van der Waals surface area contributed by atoms with Gasteiger partial charge in [0.15, 0.2) is 0 Å². The van der Waals surface area contributed by atoms with Gasteiger partial charge in [-0.2, -0.15) is 5.26 Å². The van der Waals surface area contributed by atoms with E-state index in [1.807, 2.05) is 0 Å². The predicted octanol–water partition coefficient (Wildman–Crippen LogP) is 1.98. The van der Waals surface area contributed by atoms with Crippen LogP contribution < -0.4 is 10.4 Å². The maximum absolute atomic E-state index is 11.4. The first kappa shape index (κ1) is 10.2. The van der Waals surface area contributed by atoms with E-state index in [-0.39, 0.29) is 5.56 Å². The topological polar surface area (TPSA) is 63.2 Å². The van der Waals surface area contributed by atoms with Gasteiger partial charge in [-0.05, 0) is 25.1 Å². The highest BCUT2D eigenvalue weighted by Crippen LogP contribution is 2.26. The lowest BCUT2D eigenvalue weighted by Crippen LogP contribution is -2.04. The van der Waals surface area contributed by atoms with Gasteiger partial charge in [0, 0.05) is 10.9 Å². The fourth-order valence-corrected chi connectivity index (χ4v) is 1.60. The number of hydrogen-bond donors (Lipinski definition) is 0. The molecule has 1 aromatic carbocycles. The van der Waals surface area contributed by atoms with E-state index < -0.39 is 5.63 Å². The summed E-state index contributed by atoms with van der Waals surface area (Å²) >= 11 is 0. The Labute approximate surface area is 91.7 Å². The van der Waals surface area contributed by atoms with Crippen molar-refractivity contribution in [3.63, 3.8) is 0 Å². The first-order valence-corrected chi connectivity index (χ1v) is 4.69. The van der Waals surface area contributed by atoms with E-state index >= 15 is 0 Å². The van der Waals surface area contributed by atoms with Crippen molar-refractivity contribution in [2.75, 3.05) is 7.11 Å². The van der Waals surface area contributed by atoms with Crippen molar-refractivity contribution in [2.45, 2.75) is 6.92 Å². The Kier molecular flexibility index (Phi) is 2.37. The Hall–Kier alpha value is -2.28. The minimum atomic E-state index is -0.619. The van der Waals surface area contributed by atoms with Crippen molar-refractivity contribution in [1.29, 1.82) is 5.26 Å². The Morgan fingerprint density at radius 3 is 2.81 bits per heavy atom. The highest BCUT2D eigenvalue weighted by atomic mass is 16.5. The highest BCUT2D eigenvalue weighted by Gasteiger charge is 2.09. The molecule has 0 N–H and O–H groups in total. The first-order valence-electron chi connectivity index (χ1n) is 4.69. The molecule has 80 valence electrons. The summed E-state index contributed by atoms with van der Waals surface area (Å²) in [6, 6.07) is 6.85. The standard InChI is InChI=1S/C12H9NO3/c1-7-10(15-2)4-3-8-5-9(6-13)12(14)16-11(7)8/h3-5H,1-2H3. The second-order valence-corrected chi connectivity index (χ2v) is 3.37. The molecule has 0 aliphatic carbocycles. The lowest BCUT2D eigenvalue weighted by atomic mass is 10.1. The minimum absolute atomic E-state index is 0.0112. The summed E-state index contributed by atoms with van der Waals surface area (Å²) in [6.07, 6.45) is 0. The first-order chi connectivity index (χ1) is 7.67. The summed E-state index contributed by atoms with van der Waals surface area (Å²) < 4.78 is 10.2. The van der Waals surface area contributed by atoms with E-state index in [4.69, 9.17) is 14.4 Å². The average molecular weight is 215 g/mol. The third-order valence-electron chi connectivity index (χ3n) is 2.44. The molecular weight excluding hydrogens is 206 g/mol. The van der Waals surface area contributed by atoms with Gasteiger partial charge in [0.05, 0.1) is 7.11 Å². The summed E-state index contributed by atoms with van der Waals surface area (Å²) in [5.74, 6) is 0.653. The maximum atomic E-state index is 11.4. The van der Waals surface area contributed by atoms with Gasteiger partial charge in [0.25, 0.3) is 0 Å². The van der Waals surface area contributed by atoms with E-state index in [1.165, 1.54) is 6.07 Å². The van der Waals surface area contributed by atoms with Crippen LogP contribution in [0.3, 0.4) is 0 Å². The monoisotopic (exact) mass is 215 g/mol. The number of benzene rings is 1. The number of nitrogens with zero attached hydrogens (tertiary/aromatic N) is 1. The van der Waals surface area contributed by atoms with Gasteiger partial charge in [-0.15, -0.1) is 0 Å². The molecule has 0 amide bonds. The van der Waals surface area contributed by atoms with Crippen molar-refractivity contribution < 1.29 is 9.15 Å². The van der Waals surface area contributed by atoms with Crippen LogP contribution in [0, 0.1) is 18.3 Å². The molecule has 4 heteroatoms. The van der Waals surface area contributed by atoms with Crippen LogP contribution >= 0.6 is 0 Å². The molecule has 0 saturated carbocycles. The van der Waals surface area contributed by atoms with E-state index in [1.54, 1.807) is 32.2 Å². The van der Waals surface area contributed by atoms with E-state index in [0.717, 1.165) is 10.9 Å². The number of methoxy groups -OCH3 is 1. The van der Waals surface area contributed by atoms with Crippen LogP contribution in [0.4, 0.5) is 0 Å². The molecule has 0 radical (unpaired) electrons. The number of rotatable bonds is 1. The summed E-state index contributed by atoms with van der Waals surface area (Å²) in [7, 11) is 1.55. The molecule has 4 nitrogen and oxygen atoms in total. The zero-order chi connectivity index (χ0) is 11.7. The molecule has 16 heavy (non-hydrogen) atoms. The molecule has 0 saturated heterocycles. The fraction of sp³-hybridized carbons (Fsp3) is 0.167. The number of nitriles is 1. The van der Waals surface area contributed by atoms with Gasteiger partial charge < -0.3 is 9.15 Å². The van der Waals surface area contributed by atoms with E-state index in [0.29, 0.717) is 11.3 Å². The van der Waals surface area contributed by atoms with Gasteiger partial charge in [0.1, 0.15) is 23.0 Å². The maximum Gasteiger partial charge on any atom is 0.354 e. The zero-order valence-corrected chi connectivity index (χ0v) is 8.90. The average Bonchev–Trinajstić information content (AvgIpc) is 2.30. The van der Waals surface area contributed by atoms with Gasteiger partial charge in [-0.1, -0.05) is 0 Å². The number of fused-ring (bicyclic) bond motifs is 1. The van der Waals surface area contributed by atoms with Crippen LogP contribution in [0.1, 0.15) is 11.1 Å². The van der Waals surface area contributed by atoms with E-state index in [9.17, 15) is 4.79 Å². The molecule has 0 aliphatic rings. The number of aryl methyl sites for hydroxylation is 1.